The molecule has 3 aromatic carbocycles. The summed E-state index contributed by atoms with van der Waals surface area (Å²) in [6.45, 7) is 4.52. The van der Waals surface area contributed by atoms with E-state index in [9.17, 15) is 0 Å². The van der Waals surface area contributed by atoms with E-state index in [0.717, 1.165) is 51.6 Å². The van der Waals surface area contributed by atoms with E-state index in [0.29, 0.717) is 5.92 Å². The summed E-state index contributed by atoms with van der Waals surface area (Å²) in [4.78, 5) is 4.28. The van der Waals surface area contributed by atoms with Crippen molar-refractivity contribution in [1.29, 1.82) is 0 Å². The smallest absolute Gasteiger partial charge is 0.256 e. The first kappa shape index (κ1) is 20.3. The lowest BCUT2D eigenvalue weighted by atomic mass is 9.32. The van der Waals surface area contributed by atoms with Gasteiger partial charge in [-0.2, -0.15) is 0 Å². The number of pyridine rings is 1. The molecule has 1 aliphatic carbocycles. The Kier molecular flexibility index (Phi) is 4.50. The van der Waals surface area contributed by atoms with Crippen LogP contribution in [0.15, 0.2) is 102 Å². The van der Waals surface area contributed by atoms with Crippen molar-refractivity contribution >= 4 is 23.2 Å². The van der Waals surface area contributed by atoms with E-state index < -0.39 is 0 Å². The summed E-state index contributed by atoms with van der Waals surface area (Å²) in [6.07, 6.45) is 7.07. The number of nitrogens with zero attached hydrogens (tertiary/aromatic N) is 1. The number of rotatable bonds is 2. The second-order valence-electron chi connectivity index (χ2n) is 9.66. The van der Waals surface area contributed by atoms with Crippen molar-refractivity contribution in [3.05, 3.63) is 114 Å². The van der Waals surface area contributed by atoms with Crippen LogP contribution < -0.4 is 20.4 Å². The lowest BCUT2D eigenvalue weighted by Gasteiger charge is -2.39. The van der Waals surface area contributed by atoms with Gasteiger partial charge >= 0.3 is 0 Å². The number of para-hydroxylation sites is 1. The zero-order chi connectivity index (χ0) is 23.5. The molecule has 1 aromatic heterocycles. The first-order chi connectivity index (χ1) is 17.2. The molecule has 4 aromatic rings. The summed E-state index contributed by atoms with van der Waals surface area (Å²) in [5, 5.41) is 0. The van der Waals surface area contributed by atoms with Gasteiger partial charge in [-0.3, -0.25) is 4.98 Å². The van der Waals surface area contributed by atoms with Crippen molar-refractivity contribution in [1.82, 2.24) is 4.98 Å². The largest absolute Gasteiger partial charge is 0.458 e. The molecule has 2 aliphatic heterocycles. The summed E-state index contributed by atoms with van der Waals surface area (Å²) < 4.78 is 13.4. The summed E-state index contributed by atoms with van der Waals surface area (Å²) >= 11 is 0. The lowest BCUT2D eigenvalue weighted by Crippen LogP contribution is -2.53. The number of benzene rings is 3. The number of aromatic nitrogens is 1. The van der Waals surface area contributed by atoms with E-state index >= 15 is 0 Å². The van der Waals surface area contributed by atoms with Gasteiger partial charge in [0.05, 0.1) is 0 Å². The molecule has 0 amide bonds. The molecule has 3 aliphatic rings. The fraction of sp³-hybridized carbons (Fsp3) is 0.129. The fourth-order valence-electron chi connectivity index (χ4n) is 5.82. The monoisotopic (exact) mass is 453 g/mol. The molecule has 0 saturated heterocycles. The van der Waals surface area contributed by atoms with Crippen LogP contribution in [0.5, 0.6) is 17.2 Å². The van der Waals surface area contributed by atoms with Gasteiger partial charge in [0.2, 0.25) is 0 Å². The average Bonchev–Trinajstić information content (AvgIpc) is 2.89. The van der Waals surface area contributed by atoms with E-state index in [4.69, 9.17) is 9.47 Å². The molecule has 7 rings (SSSR count). The molecule has 3 nitrogen and oxygen atoms in total. The summed E-state index contributed by atoms with van der Waals surface area (Å²) in [7, 11) is 0. The van der Waals surface area contributed by atoms with Crippen LogP contribution in [0.1, 0.15) is 24.5 Å². The van der Waals surface area contributed by atoms with Gasteiger partial charge in [-0.25, -0.2) is 0 Å². The zero-order valence-corrected chi connectivity index (χ0v) is 19.8. The molecule has 35 heavy (non-hydrogen) atoms. The Morgan fingerprint density at radius 1 is 0.857 bits per heavy atom. The SMILES string of the molecule is Cc1cnccc1-c1cc2c3c(c1)Oc1ccccc1B3C1=C(O2)C(c2ccccc2)=CCC1C. The zero-order valence-electron chi connectivity index (χ0n) is 19.8. The highest BCUT2D eigenvalue weighted by Gasteiger charge is 2.44. The van der Waals surface area contributed by atoms with Gasteiger partial charge in [-0.15, -0.1) is 0 Å². The first-order valence-corrected chi connectivity index (χ1v) is 12.2. The van der Waals surface area contributed by atoms with Crippen molar-refractivity contribution in [2.45, 2.75) is 20.3 Å². The minimum atomic E-state index is 0.115. The number of hydrogen-bond donors (Lipinski definition) is 0. The normalized spacial score (nSPS) is 17.5. The number of aryl methyl sites for hydroxylation is 1. The third-order valence-electron chi connectivity index (χ3n) is 7.50. The van der Waals surface area contributed by atoms with Crippen LogP contribution in [0, 0.1) is 12.8 Å². The van der Waals surface area contributed by atoms with Gasteiger partial charge in [-0.05, 0) is 76.7 Å². The summed E-state index contributed by atoms with van der Waals surface area (Å²) in [5.74, 6) is 4.06. The van der Waals surface area contributed by atoms with Crippen LogP contribution in [0.4, 0.5) is 0 Å². The van der Waals surface area contributed by atoms with Gasteiger partial charge < -0.3 is 9.47 Å². The number of fused-ring (bicyclic) bond motifs is 3. The lowest BCUT2D eigenvalue weighted by molar-refractivity contribution is 0.425. The molecule has 168 valence electrons. The minimum Gasteiger partial charge on any atom is -0.458 e. The highest BCUT2D eigenvalue weighted by molar-refractivity contribution is 6.93. The Balaban J connectivity index is 1.49. The predicted molar refractivity (Wildman–Crippen MR) is 142 cm³/mol. The second-order valence-corrected chi connectivity index (χ2v) is 9.66. The number of allylic oxidation sites excluding steroid dienone is 3. The van der Waals surface area contributed by atoms with Gasteiger partial charge in [0, 0.05) is 23.4 Å². The maximum Gasteiger partial charge on any atom is 0.256 e. The molecule has 0 N–H and O–H groups in total. The summed E-state index contributed by atoms with van der Waals surface area (Å²) in [5.41, 5.74) is 9.41. The van der Waals surface area contributed by atoms with Crippen LogP contribution >= 0.6 is 0 Å². The Labute approximate surface area is 205 Å². The predicted octanol–water partition coefficient (Wildman–Crippen LogP) is 6.08. The Bertz CT molecular complexity index is 1550. The average molecular weight is 453 g/mol. The third kappa shape index (κ3) is 3.10. The fourth-order valence-corrected chi connectivity index (χ4v) is 5.82. The molecular weight excluding hydrogens is 429 g/mol. The molecule has 0 bridgehead atoms. The van der Waals surface area contributed by atoms with Gasteiger partial charge in [0.25, 0.3) is 6.71 Å². The van der Waals surface area contributed by atoms with E-state index in [1.807, 2.05) is 12.4 Å². The van der Waals surface area contributed by atoms with E-state index in [2.05, 4.69) is 97.7 Å². The first-order valence-electron chi connectivity index (χ1n) is 12.2. The van der Waals surface area contributed by atoms with Gasteiger partial charge in [-0.1, -0.05) is 61.5 Å². The maximum absolute atomic E-state index is 6.85. The molecule has 3 heterocycles. The molecule has 0 radical (unpaired) electrons. The Morgan fingerprint density at radius 3 is 2.46 bits per heavy atom. The highest BCUT2D eigenvalue weighted by atomic mass is 16.5. The quantitative estimate of drug-likeness (QED) is 0.345. The molecular formula is C31H24BNO2. The van der Waals surface area contributed by atoms with Gasteiger partial charge in [0.15, 0.2) is 0 Å². The topological polar surface area (TPSA) is 31.4 Å². The van der Waals surface area contributed by atoms with E-state index in [1.54, 1.807) is 0 Å². The minimum absolute atomic E-state index is 0.115. The maximum atomic E-state index is 6.85. The second kappa shape index (κ2) is 7.74. The van der Waals surface area contributed by atoms with Crippen molar-refractivity contribution in [3.63, 3.8) is 0 Å². The standard InChI is InChI=1S/C31H24BNO2/c1-19-12-13-24(21-8-4-3-5-9-21)31-29(19)32-25-10-6-7-11-26(25)34-27-16-22(17-28(35-31)30(27)32)23-14-15-33-18-20(23)2/h3-11,13-19H,12H2,1-2H3. The number of ether oxygens (including phenoxy) is 2. The van der Waals surface area contributed by atoms with Crippen LogP contribution in [-0.2, 0) is 0 Å². The number of hydrogen-bond acceptors (Lipinski definition) is 3. The molecule has 0 fully saturated rings. The van der Waals surface area contributed by atoms with Crippen molar-refractivity contribution < 1.29 is 9.47 Å². The van der Waals surface area contributed by atoms with Crippen LogP contribution in [-0.4, -0.2) is 11.7 Å². The summed E-state index contributed by atoms with van der Waals surface area (Å²) in [6, 6.07) is 25.4. The Hall–Kier alpha value is -4.05. The van der Waals surface area contributed by atoms with Crippen molar-refractivity contribution in [3.8, 4) is 28.4 Å². The molecule has 0 spiro atoms. The molecule has 0 saturated carbocycles. The third-order valence-corrected chi connectivity index (χ3v) is 7.50. The van der Waals surface area contributed by atoms with Crippen LogP contribution in [0.2, 0.25) is 0 Å². The molecule has 4 heteroatoms. The van der Waals surface area contributed by atoms with Crippen molar-refractivity contribution in [2.75, 3.05) is 0 Å². The van der Waals surface area contributed by atoms with Gasteiger partial charge in [0.1, 0.15) is 23.0 Å². The Morgan fingerprint density at radius 2 is 1.63 bits per heavy atom. The van der Waals surface area contributed by atoms with E-state index in [-0.39, 0.29) is 6.71 Å². The highest BCUT2D eigenvalue weighted by Crippen LogP contribution is 2.45. The van der Waals surface area contributed by atoms with Crippen molar-refractivity contribution in [2.24, 2.45) is 5.92 Å². The van der Waals surface area contributed by atoms with Crippen LogP contribution in [0.25, 0.3) is 16.7 Å². The molecule has 1 unspecified atom stereocenters. The van der Waals surface area contributed by atoms with Crippen LogP contribution in [0.3, 0.4) is 0 Å². The van der Waals surface area contributed by atoms with E-state index in [1.165, 1.54) is 22.1 Å². The molecule has 1 atom stereocenters.